The second-order valence-electron chi connectivity index (χ2n) is 6.88. The monoisotopic (exact) mass is 532 g/mol. The van der Waals surface area contributed by atoms with Crippen LogP contribution in [0.4, 0.5) is 17.1 Å². The first kappa shape index (κ1) is 24.0. The van der Waals surface area contributed by atoms with Crippen LogP contribution in [-0.2, 0) is 20.8 Å². The van der Waals surface area contributed by atoms with Gasteiger partial charge in [0.25, 0.3) is 0 Å². The third-order valence-corrected chi connectivity index (χ3v) is 6.71. The summed E-state index contributed by atoms with van der Waals surface area (Å²) in [5, 5.41) is 10.2. The van der Waals surface area contributed by atoms with Crippen molar-refractivity contribution in [2.45, 2.75) is 24.6 Å². The first-order valence-electron chi connectivity index (χ1n) is 9.59. The maximum atomic E-state index is 12.3. The van der Waals surface area contributed by atoms with Crippen LogP contribution in [0.5, 0.6) is 0 Å². The predicted octanol–water partition coefficient (Wildman–Crippen LogP) is 5.08. The van der Waals surface area contributed by atoms with E-state index >= 15 is 0 Å². The summed E-state index contributed by atoms with van der Waals surface area (Å²) in [6, 6.07) is 12.6. The van der Waals surface area contributed by atoms with Gasteiger partial charge in [0.05, 0.1) is 17.9 Å². The van der Waals surface area contributed by atoms with Crippen LogP contribution in [0.2, 0.25) is 0 Å². The number of halogens is 1. The Kier molecular flexibility index (Phi) is 8.43. The number of rotatable bonds is 8. The Morgan fingerprint density at radius 1 is 1.00 bits per heavy atom. The zero-order chi connectivity index (χ0) is 23.1. The molecule has 0 aliphatic heterocycles. The first-order valence-corrected chi connectivity index (χ1v) is 12.2. The summed E-state index contributed by atoms with van der Waals surface area (Å²) in [5.41, 5.74) is 3.71. The quantitative estimate of drug-likeness (QED) is 0.351. The van der Waals surface area contributed by atoms with Gasteiger partial charge in [0.1, 0.15) is 0 Å². The molecular weight excluding hydrogens is 512 g/mol. The molecule has 3 aromatic rings. The van der Waals surface area contributed by atoms with Gasteiger partial charge in [0, 0.05) is 33.8 Å². The second kappa shape index (κ2) is 11.3. The highest BCUT2D eigenvalue weighted by molar-refractivity contribution is 9.10. The van der Waals surface area contributed by atoms with Crippen LogP contribution in [0.1, 0.15) is 18.2 Å². The number of carbonyl (C=O) groups excluding carboxylic acids is 3. The van der Waals surface area contributed by atoms with E-state index in [9.17, 15) is 14.4 Å². The standard InChI is InChI=1S/C22H21BrN4O3S2/c1-13-9-15(23)3-8-19(13)27-20(29)10-18-11-31-22(26-18)32-12-21(30)25-17-6-4-16(5-7-17)24-14(2)28/h3-9,11H,10,12H2,1-2H3,(H,24,28)(H,25,30)(H,27,29). The van der Waals surface area contributed by atoms with Gasteiger partial charge in [-0.2, -0.15) is 0 Å². The molecule has 32 heavy (non-hydrogen) atoms. The molecule has 3 amide bonds. The number of carbonyl (C=O) groups is 3. The van der Waals surface area contributed by atoms with Crippen molar-refractivity contribution in [1.29, 1.82) is 0 Å². The minimum absolute atomic E-state index is 0.141. The molecule has 0 saturated carbocycles. The fourth-order valence-corrected chi connectivity index (χ4v) is 4.85. The lowest BCUT2D eigenvalue weighted by atomic mass is 10.2. The zero-order valence-corrected chi connectivity index (χ0v) is 20.6. The number of benzene rings is 2. The van der Waals surface area contributed by atoms with Crippen LogP contribution in [0.25, 0.3) is 0 Å². The summed E-state index contributed by atoms with van der Waals surface area (Å²) in [6.45, 7) is 3.37. The lowest BCUT2D eigenvalue weighted by Gasteiger charge is -2.08. The van der Waals surface area contributed by atoms with Crippen molar-refractivity contribution in [2.75, 3.05) is 21.7 Å². The lowest BCUT2D eigenvalue weighted by Crippen LogP contribution is -2.15. The number of thioether (sulfide) groups is 1. The number of hydrogen-bond donors (Lipinski definition) is 3. The van der Waals surface area contributed by atoms with E-state index in [1.807, 2.05) is 30.5 Å². The Labute approximate surface area is 202 Å². The summed E-state index contributed by atoms with van der Waals surface area (Å²) in [7, 11) is 0. The fourth-order valence-electron chi connectivity index (χ4n) is 2.73. The lowest BCUT2D eigenvalue weighted by molar-refractivity contribution is -0.116. The summed E-state index contributed by atoms with van der Waals surface area (Å²) < 4.78 is 1.68. The maximum Gasteiger partial charge on any atom is 0.234 e. The predicted molar refractivity (Wildman–Crippen MR) is 133 cm³/mol. The van der Waals surface area contributed by atoms with E-state index in [2.05, 4.69) is 36.9 Å². The van der Waals surface area contributed by atoms with Crippen molar-refractivity contribution >= 4 is 73.8 Å². The molecule has 0 spiro atoms. The van der Waals surface area contributed by atoms with Gasteiger partial charge in [0.2, 0.25) is 17.7 Å². The van der Waals surface area contributed by atoms with E-state index < -0.39 is 0 Å². The molecule has 0 atom stereocenters. The van der Waals surface area contributed by atoms with E-state index in [4.69, 9.17) is 0 Å². The van der Waals surface area contributed by atoms with E-state index in [1.165, 1.54) is 30.0 Å². The molecule has 0 unspecified atom stereocenters. The highest BCUT2D eigenvalue weighted by atomic mass is 79.9. The Balaban J connectivity index is 1.45. The molecule has 0 aliphatic carbocycles. The summed E-state index contributed by atoms with van der Waals surface area (Å²) in [4.78, 5) is 40.0. The largest absolute Gasteiger partial charge is 0.326 e. The number of aromatic nitrogens is 1. The Hall–Kier alpha value is -2.69. The molecular formula is C22H21BrN4O3S2. The molecule has 0 radical (unpaired) electrons. The number of aryl methyl sites for hydroxylation is 1. The number of nitrogens with zero attached hydrogens (tertiary/aromatic N) is 1. The van der Waals surface area contributed by atoms with Crippen LogP contribution in [-0.4, -0.2) is 28.5 Å². The molecule has 3 N–H and O–H groups in total. The van der Waals surface area contributed by atoms with Gasteiger partial charge in [-0.15, -0.1) is 11.3 Å². The molecule has 7 nitrogen and oxygen atoms in total. The van der Waals surface area contributed by atoms with Crippen LogP contribution < -0.4 is 16.0 Å². The minimum Gasteiger partial charge on any atom is -0.326 e. The molecule has 166 valence electrons. The SMILES string of the molecule is CC(=O)Nc1ccc(NC(=O)CSc2nc(CC(=O)Nc3ccc(Br)cc3C)cs2)cc1. The van der Waals surface area contributed by atoms with Crippen LogP contribution in [0.15, 0.2) is 56.7 Å². The van der Waals surface area contributed by atoms with Crippen molar-refractivity contribution in [3.05, 3.63) is 63.6 Å². The van der Waals surface area contributed by atoms with E-state index in [-0.39, 0.29) is 29.9 Å². The van der Waals surface area contributed by atoms with Gasteiger partial charge in [-0.1, -0.05) is 27.7 Å². The van der Waals surface area contributed by atoms with Gasteiger partial charge in [-0.05, 0) is 55.0 Å². The van der Waals surface area contributed by atoms with Gasteiger partial charge < -0.3 is 16.0 Å². The van der Waals surface area contributed by atoms with Crippen LogP contribution >= 0.6 is 39.0 Å². The van der Waals surface area contributed by atoms with Crippen molar-refractivity contribution in [3.8, 4) is 0 Å². The van der Waals surface area contributed by atoms with Crippen LogP contribution in [0, 0.1) is 6.92 Å². The van der Waals surface area contributed by atoms with Gasteiger partial charge in [0.15, 0.2) is 4.34 Å². The second-order valence-corrected chi connectivity index (χ2v) is 9.88. The molecule has 1 aromatic heterocycles. The summed E-state index contributed by atoms with van der Waals surface area (Å²) >= 11 is 6.13. The molecule has 10 heteroatoms. The summed E-state index contributed by atoms with van der Waals surface area (Å²) in [5.74, 6) is -0.257. The molecule has 0 bridgehead atoms. The minimum atomic E-state index is -0.164. The first-order chi connectivity index (χ1) is 15.3. The van der Waals surface area contributed by atoms with E-state index in [0.29, 0.717) is 17.1 Å². The van der Waals surface area contributed by atoms with Crippen molar-refractivity contribution < 1.29 is 14.4 Å². The average molecular weight is 533 g/mol. The molecule has 0 aliphatic rings. The summed E-state index contributed by atoms with van der Waals surface area (Å²) in [6.07, 6.45) is 0.166. The number of amides is 3. The van der Waals surface area contributed by atoms with Crippen molar-refractivity contribution in [2.24, 2.45) is 0 Å². The van der Waals surface area contributed by atoms with E-state index in [1.54, 1.807) is 24.3 Å². The molecule has 0 saturated heterocycles. The fraction of sp³-hybridized carbons (Fsp3) is 0.182. The van der Waals surface area contributed by atoms with E-state index in [0.717, 1.165) is 20.1 Å². The molecule has 0 fully saturated rings. The Morgan fingerprint density at radius 3 is 2.34 bits per heavy atom. The van der Waals surface area contributed by atoms with Gasteiger partial charge >= 0.3 is 0 Å². The number of anilines is 3. The topological polar surface area (TPSA) is 100 Å². The highest BCUT2D eigenvalue weighted by Gasteiger charge is 2.11. The number of nitrogens with one attached hydrogen (secondary N) is 3. The molecule has 2 aromatic carbocycles. The average Bonchev–Trinajstić information content (AvgIpc) is 3.17. The number of hydrogen-bond acceptors (Lipinski definition) is 6. The van der Waals surface area contributed by atoms with Crippen LogP contribution in [0.3, 0.4) is 0 Å². The third-order valence-electron chi connectivity index (χ3n) is 4.15. The van der Waals surface area contributed by atoms with Gasteiger partial charge in [-0.3, -0.25) is 14.4 Å². The highest BCUT2D eigenvalue weighted by Crippen LogP contribution is 2.24. The van der Waals surface area contributed by atoms with Crippen molar-refractivity contribution in [1.82, 2.24) is 4.98 Å². The molecule has 3 rings (SSSR count). The normalized spacial score (nSPS) is 10.5. The molecule has 1 heterocycles. The van der Waals surface area contributed by atoms with Gasteiger partial charge in [-0.25, -0.2) is 4.98 Å². The zero-order valence-electron chi connectivity index (χ0n) is 17.4. The smallest absolute Gasteiger partial charge is 0.234 e. The van der Waals surface area contributed by atoms with Crippen molar-refractivity contribution in [3.63, 3.8) is 0 Å². The third kappa shape index (κ3) is 7.47. The Morgan fingerprint density at radius 2 is 1.69 bits per heavy atom. The number of thiazole rings is 1. The maximum absolute atomic E-state index is 12.3. The Bertz CT molecular complexity index is 1130.